The first-order chi connectivity index (χ1) is 35.7. The lowest BCUT2D eigenvalue weighted by molar-refractivity contribution is 0.595. The summed E-state index contributed by atoms with van der Waals surface area (Å²) in [4.78, 5) is 5.06. The molecule has 72 heavy (non-hydrogen) atoms. The number of para-hydroxylation sites is 3. The molecule has 336 valence electrons. The Morgan fingerprint density at radius 1 is 0.417 bits per heavy atom. The van der Waals surface area contributed by atoms with Crippen LogP contribution in [0.2, 0.25) is 0 Å². The smallest absolute Gasteiger partial charge is 0.249 e. The normalized spacial score (nSPS) is 13.6. The molecule has 0 saturated heterocycles. The molecule has 0 spiro atoms. The fourth-order valence-corrected chi connectivity index (χ4v) is 13.4. The van der Waals surface area contributed by atoms with Gasteiger partial charge in [-0.15, -0.1) is 0 Å². The van der Waals surface area contributed by atoms with Gasteiger partial charge in [-0.1, -0.05) is 163 Å². The van der Waals surface area contributed by atoms with Gasteiger partial charge in [-0.05, 0) is 136 Å². The van der Waals surface area contributed by atoms with E-state index >= 15 is 0 Å². The van der Waals surface area contributed by atoms with Crippen molar-refractivity contribution in [3.05, 3.63) is 230 Å². The van der Waals surface area contributed by atoms with Crippen LogP contribution in [0.3, 0.4) is 0 Å². The molecule has 0 unspecified atom stereocenters. The van der Waals surface area contributed by atoms with Crippen molar-refractivity contribution in [1.82, 2.24) is 4.57 Å². The van der Waals surface area contributed by atoms with E-state index in [0.29, 0.717) is 0 Å². The molecular weight excluding hydrogens is 896 g/mol. The van der Waals surface area contributed by atoms with Crippen molar-refractivity contribution >= 4 is 113 Å². The fraction of sp³-hybridized carbons (Fsp3) is 0.0303. The molecule has 0 bridgehead atoms. The number of hydrogen-bond donors (Lipinski definition) is 0. The number of nitrogens with zero attached hydrogens (tertiary/aromatic N) is 2. The van der Waals surface area contributed by atoms with Crippen LogP contribution in [-0.4, -0.2) is 11.3 Å². The van der Waals surface area contributed by atoms with Gasteiger partial charge in [0.1, 0.15) is 22.5 Å². The van der Waals surface area contributed by atoms with Crippen molar-refractivity contribution < 1.29 is 8.83 Å². The van der Waals surface area contributed by atoms with Crippen LogP contribution in [0.25, 0.3) is 99.9 Å². The maximum absolute atomic E-state index is 6.47. The van der Waals surface area contributed by atoms with Crippen molar-refractivity contribution in [2.75, 3.05) is 4.90 Å². The molecule has 0 radical (unpaired) electrons. The number of hydrogen-bond acceptors (Lipinski definition) is 4. The minimum absolute atomic E-state index is 0.0136. The van der Waals surface area contributed by atoms with Crippen LogP contribution in [0, 0.1) is 0 Å². The lowest BCUT2D eigenvalue weighted by Gasteiger charge is -2.41. The van der Waals surface area contributed by atoms with E-state index in [1.165, 1.54) is 81.3 Å². The Hall–Kier alpha value is -8.71. The summed E-state index contributed by atoms with van der Waals surface area (Å²) >= 11 is 1.90. The average molecular weight is 937 g/mol. The summed E-state index contributed by atoms with van der Waals surface area (Å²) in [5.41, 5.74) is 21.9. The van der Waals surface area contributed by atoms with Gasteiger partial charge in [-0.25, -0.2) is 0 Å². The number of allylic oxidation sites excluding steroid dienone is 1. The Kier molecular flexibility index (Phi) is 8.57. The molecule has 6 heteroatoms. The Labute approximate surface area is 420 Å². The predicted molar refractivity (Wildman–Crippen MR) is 301 cm³/mol. The Morgan fingerprint density at radius 2 is 1.03 bits per heavy atom. The van der Waals surface area contributed by atoms with E-state index in [1.54, 1.807) is 0 Å². The molecule has 0 fully saturated rings. The molecular formula is C66H41BN2O2S. The molecule has 0 amide bonds. The Balaban J connectivity index is 0.935. The summed E-state index contributed by atoms with van der Waals surface area (Å²) in [6.45, 7) is -0.0136. The fourth-order valence-electron chi connectivity index (χ4n) is 12.2. The second-order valence-electron chi connectivity index (χ2n) is 19.5. The van der Waals surface area contributed by atoms with Crippen LogP contribution < -0.4 is 21.3 Å². The number of fused-ring (bicyclic) bond motifs is 13. The third-order valence-electron chi connectivity index (χ3n) is 15.5. The van der Waals surface area contributed by atoms with E-state index in [4.69, 9.17) is 8.83 Å². The molecule has 1 aliphatic carbocycles. The van der Waals surface area contributed by atoms with Crippen LogP contribution in [-0.2, 0) is 6.42 Å². The Bertz CT molecular complexity index is 4390. The van der Waals surface area contributed by atoms with Crippen molar-refractivity contribution in [1.29, 1.82) is 0 Å². The first-order valence-electron chi connectivity index (χ1n) is 24.9. The third-order valence-corrected chi connectivity index (χ3v) is 16.7. The summed E-state index contributed by atoms with van der Waals surface area (Å²) < 4.78 is 15.4. The third kappa shape index (κ3) is 5.96. The molecule has 16 rings (SSSR count). The highest BCUT2D eigenvalue weighted by molar-refractivity contribution is 8.00. The van der Waals surface area contributed by atoms with Gasteiger partial charge in [0.25, 0.3) is 0 Å². The number of furan rings is 2. The van der Waals surface area contributed by atoms with Gasteiger partial charge in [-0.3, -0.25) is 0 Å². The monoisotopic (exact) mass is 936 g/mol. The summed E-state index contributed by atoms with van der Waals surface area (Å²) in [7, 11) is 0. The maximum Gasteiger partial charge on any atom is 0.249 e. The minimum Gasteiger partial charge on any atom is -0.456 e. The second-order valence-corrected chi connectivity index (χ2v) is 20.5. The molecule has 13 aromatic rings. The number of benzene rings is 10. The van der Waals surface area contributed by atoms with Gasteiger partial charge < -0.3 is 18.3 Å². The van der Waals surface area contributed by atoms with Crippen molar-refractivity contribution in [3.8, 4) is 39.1 Å². The minimum atomic E-state index is -0.0136. The quantitative estimate of drug-likeness (QED) is 0.161. The highest BCUT2D eigenvalue weighted by atomic mass is 32.2. The van der Waals surface area contributed by atoms with Gasteiger partial charge in [-0.2, -0.15) is 0 Å². The van der Waals surface area contributed by atoms with Crippen molar-refractivity contribution in [3.63, 3.8) is 0 Å². The molecule has 4 nitrogen and oxygen atoms in total. The first-order valence-corrected chi connectivity index (χ1v) is 25.7. The van der Waals surface area contributed by atoms with Crippen LogP contribution >= 0.6 is 11.8 Å². The van der Waals surface area contributed by atoms with Crippen molar-refractivity contribution in [2.24, 2.45) is 0 Å². The topological polar surface area (TPSA) is 34.5 Å². The zero-order valence-corrected chi connectivity index (χ0v) is 39.8. The molecule has 0 saturated carbocycles. The lowest BCUT2D eigenvalue weighted by Crippen LogP contribution is -2.59. The zero-order valence-electron chi connectivity index (χ0n) is 39.0. The lowest BCUT2D eigenvalue weighted by atomic mass is 9.34. The van der Waals surface area contributed by atoms with Crippen LogP contribution in [0.15, 0.2) is 237 Å². The SMILES string of the molecule is C1=Cc2oc3cc(-c4ccc5c(c4)Sc4cc(-n6c7ccccc7c7ccccc76)cc6c4B5c4ccc(-c5ccc7c(c5)oc5ccccc57)cc4N6c4ccc(-c5ccccc5)cc4)ccc3c2CC1. The number of aryl methyl sites for hydroxylation is 1. The van der Waals surface area contributed by atoms with E-state index in [9.17, 15) is 0 Å². The van der Waals surface area contributed by atoms with Gasteiger partial charge in [0, 0.05) is 65.0 Å². The molecule has 2 aliphatic heterocycles. The molecule has 3 aromatic heterocycles. The summed E-state index contributed by atoms with van der Waals surface area (Å²) in [6, 6.07) is 78.5. The molecule has 3 aliphatic rings. The van der Waals surface area contributed by atoms with Gasteiger partial charge in [0.2, 0.25) is 6.71 Å². The van der Waals surface area contributed by atoms with Gasteiger partial charge >= 0.3 is 0 Å². The summed E-state index contributed by atoms with van der Waals surface area (Å²) in [5, 5.41) is 5.97. The number of aromatic nitrogens is 1. The molecule has 0 atom stereocenters. The van der Waals surface area contributed by atoms with Gasteiger partial charge in [0.05, 0.1) is 11.0 Å². The Morgan fingerprint density at radius 3 is 1.82 bits per heavy atom. The van der Waals surface area contributed by atoms with E-state index in [0.717, 1.165) is 79.9 Å². The average Bonchev–Trinajstić information content (AvgIpc) is 4.12. The molecule has 0 N–H and O–H groups in total. The van der Waals surface area contributed by atoms with E-state index in [-0.39, 0.29) is 6.71 Å². The number of rotatable bonds is 5. The van der Waals surface area contributed by atoms with E-state index < -0.39 is 0 Å². The summed E-state index contributed by atoms with van der Waals surface area (Å²) in [5.74, 6) is 0.997. The number of anilines is 3. The van der Waals surface area contributed by atoms with Gasteiger partial charge in [0.15, 0.2) is 0 Å². The molecule has 10 aromatic carbocycles. The van der Waals surface area contributed by atoms with E-state index in [2.05, 4.69) is 228 Å². The van der Waals surface area contributed by atoms with E-state index in [1.807, 2.05) is 17.8 Å². The predicted octanol–water partition coefficient (Wildman–Crippen LogP) is 16.2. The second kappa shape index (κ2) is 15.4. The van der Waals surface area contributed by atoms with Crippen LogP contribution in [0.5, 0.6) is 0 Å². The van der Waals surface area contributed by atoms with Crippen LogP contribution in [0.1, 0.15) is 17.7 Å². The standard InChI is InChI=1S/C66H41BN2O2S/c1-2-12-40(13-3-1)41-22-28-46(29-23-41)68-58-34-42(43-24-30-52-50-16-6-10-20-60(50)70-62(52)35-43)26-32-54(58)67-55-33-27-45(44-25-31-53-51-17-7-11-21-61(51)71-63(53)36-44)37-64(55)72-65-39-47(38-59(68)66(65)67)69-56-18-8-4-14-48(56)49-15-5-9-19-57(49)69/h1-6,8-16,18-39H,7,17H2. The highest BCUT2D eigenvalue weighted by Crippen LogP contribution is 2.47. The largest absolute Gasteiger partial charge is 0.456 e. The summed E-state index contributed by atoms with van der Waals surface area (Å²) in [6.07, 6.45) is 6.42. The van der Waals surface area contributed by atoms with Crippen LogP contribution in [0.4, 0.5) is 17.1 Å². The van der Waals surface area contributed by atoms with Crippen molar-refractivity contribution in [2.45, 2.75) is 22.6 Å². The highest BCUT2D eigenvalue weighted by Gasteiger charge is 2.42. The molecule has 5 heterocycles. The maximum atomic E-state index is 6.47. The first kappa shape index (κ1) is 40.1. The zero-order chi connectivity index (χ0) is 47.0.